The van der Waals surface area contributed by atoms with Gasteiger partial charge in [0.05, 0.1) is 0 Å². The maximum atomic E-state index is 11.5. The zero-order valence-electron chi connectivity index (χ0n) is 9.82. The molecule has 0 unspecified atom stereocenters. The van der Waals surface area contributed by atoms with Crippen LogP contribution in [0.1, 0.15) is 40.0 Å². The molecule has 0 spiro atoms. The standard InChI is InChI=1S/C11H21NO3/c1-4-9(5-2)8-12(6-3)10(13)7-11(14)15/h9H,4-8H2,1-3H3,(H,14,15). The molecular formula is C11H21NO3. The number of carboxylic acids is 1. The first-order chi connectivity index (χ1) is 7.04. The average molecular weight is 215 g/mol. The third kappa shape index (κ3) is 5.40. The fourth-order valence-corrected chi connectivity index (χ4v) is 1.51. The summed E-state index contributed by atoms with van der Waals surface area (Å²) in [6.45, 7) is 7.31. The topological polar surface area (TPSA) is 57.6 Å². The van der Waals surface area contributed by atoms with E-state index < -0.39 is 12.4 Å². The van der Waals surface area contributed by atoms with Gasteiger partial charge in [-0.05, 0) is 12.8 Å². The van der Waals surface area contributed by atoms with E-state index in [0.717, 1.165) is 12.8 Å². The minimum atomic E-state index is -1.05. The second-order valence-corrected chi connectivity index (χ2v) is 3.69. The van der Waals surface area contributed by atoms with Gasteiger partial charge in [-0.1, -0.05) is 26.7 Å². The highest BCUT2D eigenvalue weighted by molar-refractivity contribution is 5.93. The van der Waals surface area contributed by atoms with Crippen LogP contribution < -0.4 is 0 Å². The third-order valence-corrected chi connectivity index (χ3v) is 2.67. The Hall–Kier alpha value is -1.06. The van der Waals surface area contributed by atoms with E-state index in [2.05, 4.69) is 13.8 Å². The van der Waals surface area contributed by atoms with Crippen LogP contribution in [0.15, 0.2) is 0 Å². The van der Waals surface area contributed by atoms with Crippen molar-refractivity contribution < 1.29 is 14.7 Å². The summed E-state index contributed by atoms with van der Waals surface area (Å²) in [4.78, 5) is 23.5. The SMILES string of the molecule is CCC(CC)CN(CC)C(=O)CC(=O)O. The van der Waals surface area contributed by atoms with Crippen LogP contribution in [0, 0.1) is 5.92 Å². The molecule has 0 aliphatic carbocycles. The Kier molecular flexibility index (Phi) is 6.75. The summed E-state index contributed by atoms with van der Waals surface area (Å²) in [7, 11) is 0. The lowest BCUT2D eigenvalue weighted by molar-refractivity contribution is -0.144. The first kappa shape index (κ1) is 13.9. The van der Waals surface area contributed by atoms with E-state index in [4.69, 9.17) is 5.11 Å². The van der Waals surface area contributed by atoms with Crippen molar-refractivity contribution in [3.05, 3.63) is 0 Å². The van der Waals surface area contributed by atoms with Gasteiger partial charge in [-0.25, -0.2) is 0 Å². The highest BCUT2D eigenvalue weighted by Gasteiger charge is 2.17. The zero-order chi connectivity index (χ0) is 11.8. The van der Waals surface area contributed by atoms with E-state index in [9.17, 15) is 9.59 Å². The molecule has 0 aliphatic rings. The van der Waals surface area contributed by atoms with Crippen LogP contribution in [0.2, 0.25) is 0 Å². The van der Waals surface area contributed by atoms with Crippen molar-refractivity contribution in [1.82, 2.24) is 4.90 Å². The first-order valence-corrected chi connectivity index (χ1v) is 5.54. The van der Waals surface area contributed by atoms with Crippen molar-refractivity contribution in [1.29, 1.82) is 0 Å². The summed E-state index contributed by atoms with van der Waals surface area (Å²) in [5, 5.41) is 8.53. The van der Waals surface area contributed by atoms with Gasteiger partial charge < -0.3 is 10.0 Å². The predicted octanol–water partition coefficient (Wildman–Crippen LogP) is 1.75. The van der Waals surface area contributed by atoms with Crippen molar-refractivity contribution in [2.75, 3.05) is 13.1 Å². The Morgan fingerprint density at radius 2 is 1.73 bits per heavy atom. The Morgan fingerprint density at radius 3 is 2.07 bits per heavy atom. The molecule has 15 heavy (non-hydrogen) atoms. The molecule has 0 bridgehead atoms. The number of nitrogens with zero attached hydrogens (tertiary/aromatic N) is 1. The number of carbonyl (C=O) groups is 2. The molecule has 0 aromatic heterocycles. The van der Waals surface area contributed by atoms with Gasteiger partial charge in [0.15, 0.2) is 0 Å². The lowest BCUT2D eigenvalue weighted by atomic mass is 10.0. The maximum Gasteiger partial charge on any atom is 0.312 e. The number of hydrogen-bond donors (Lipinski definition) is 1. The van der Waals surface area contributed by atoms with Gasteiger partial charge in [0.1, 0.15) is 6.42 Å². The van der Waals surface area contributed by atoms with Crippen LogP contribution in [0.25, 0.3) is 0 Å². The molecule has 0 aliphatic heterocycles. The van der Waals surface area contributed by atoms with Crippen LogP contribution in [-0.4, -0.2) is 35.0 Å². The quantitative estimate of drug-likeness (QED) is 0.658. The van der Waals surface area contributed by atoms with Gasteiger partial charge in [0, 0.05) is 13.1 Å². The number of rotatable bonds is 7. The first-order valence-electron chi connectivity index (χ1n) is 5.54. The number of carboxylic acid groups (broad SMARTS) is 1. The van der Waals surface area contributed by atoms with Gasteiger partial charge in [-0.15, -0.1) is 0 Å². The number of aliphatic carboxylic acids is 1. The summed E-state index contributed by atoms with van der Waals surface area (Å²) in [5.74, 6) is -0.859. The molecule has 0 saturated carbocycles. The molecule has 0 fully saturated rings. The second-order valence-electron chi connectivity index (χ2n) is 3.69. The predicted molar refractivity (Wildman–Crippen MR) is 58.6 cm³/mol. The van der Waals surface area contributed by atoms with Crippen molar-refractivity contribution >= 4 is 11.9 Å². The normalized spacial score (nSPS) is 10.4. The molecular weight excluding hydrogens is 194 g/mol. The van der Waals surface area contributed by atoms with E-state index in [0.29, 0.717) is 19.0 Å². The number of carbonyl (C=O) groups excluding carboxylic acids is 1. The highest BCUT2D eigenvalue weighted by Crippen LogP contribution is 2.10. The van der Waals surface area contributed by atoms with Crippen LogP contribution in [-0.2, 0) is 9.59 Å². The molecule has 1 N–H and O–H groups in total. The smallest absolute Gasteiger partial charge is 0.312 e. The Morgan fingerprint density at radius 1 is 1.20 bits per heavy atom. The molecule has 4 nitrogen and oxygen atoms in total. The van der Waals surface area contributed by atoms with E-state index in [1.165, 1.54) is 0 Å². The van der Waals surface area contributed by atoms with Gasteiger partial charge in [0.25, 0.3) is 0 Å². The van der Waals surface area contributed by atoms with Crippen molar-refractivity contribution in [3.8, 4) is 0 Å². The van der Waals surface area contributed by atoms with Gasteiger partial charge in [0.2, 0.25) is 5.91 Å². The van der Waals surface area contributed by atoms with E-state index in [1.807, 2.05) is 6.92 Å². The Bertz CT molecular complexity index is 212. The van der Waals surface area contributed by atoms with Gasteiger partial charge in [-0.3, -0.25) is 9.59 Å². The molecule has 0 aromatic carbocycles. The molecule has 0 aromatic rings. The molecule has 0 radical (unpaired) electrons. The minimum Gasteiger partial charge on any atom is -0.481 e. The van der Waals surface area contributed by atoms with Crippen LogP contribution >= 0.6 is 0 Å². The lowest BCUT2D eigenvalue weighted by Gasteiger charge is -2.24. The lowest BCUT2D eigenvalue weighted by Crippen LogP contribution is -2.36. The monoisotopic (exact) mass is 215 g/mol. The molecule has 4 heteroatoms. The summed E-state index contributed by atoms with van der Waals surface area (Å²) in [6, 6.07) is 0. The van der Waals surface area contributed by atoms with Gasteiger partial charge >= 0.3 is 5.97 Å². The maximum absolute atomic E-state index is 11.5. The summed E-state index contributed by atoms with van der Waals surface area (Å²) in [5.41, 5.74) is 0. The number of hydrogen-bond acceptors (Lipinski definition) is 2. The van der Waals surface area contributed by atoms with Gasteiger partial charge in [-0.2, -0.15) is 0 Å². The van der Waals surface area contributed by atoms with Crippen molar-refractivity contribution in [2.45, 2.75) is 40.0 Å². The van der Waals surface area contributed by atoms with Crippen LogP contribution in [0.5, 0.6) is 0 Å². The van der Waals surface area contributed by atoms with Crippen LogP contribution in [0.4, 0.5) is 0 Å². The minimum absolute atomic E-state index is 0.281. The summed E-state index contributed by atoms with van der Waals surface area (Å²) in [6.07, 6.45) is 1.65. The molecule has 0 saturated heterocycles. The van der Waals surface area contributed by atoms with Crippen LogP contribution in [0.3, 0.4) is 0 Å². The summed E-state index contributed by atoms with van der Waals surface area (Å²) >= 11 is 0. The number of amides is 1. The molecule has 88 valence electrons. The molecule has 0 rings (SSSR count). The average Bonchev–Trinajstić information content (AvgIpc) is 2.18. The largest absolute Gasteiger partial charge is 0.481 e. The Balaban J connectivity index is 4.22. The molecule has 0 heterocycles. The van der Waals surface area contributed by atoms with Crippen molar-refractivity contribution in [3.63, 3.8) is 0 Å². The molecule has 0 atom stereocenters. The van der Waals surface area contributed by atoms with E-state index in [1.54, 1.807) is 4.90 Å². The zero-order valence-corrected chi connectivity index (χ0v) is 9.82. The van der Waals surface area contributed by atoms with E-state index >= 15 is 0 Å². The Labute approximate surface area is 91.3 Å². The molecule has 1 amide bonds. The fourth-order valence-electron chi connectivity index (χ4n) is 1.51. The fraction of sp³-hybridized carbons (Fsp3) is 0.818. The summed E-state index contributed by atoms with van der Waals surface area (Å²) < 4.78 is 0. The van der Waals surface area contributed by atoms with Crippen molar-refractivity contribution in [2.24, 2.45) is 5.92 Å². The highest BCUT2D eigenvalue weighted by atomic mass is 16.4. The third-order valence-electron chi connectivity index (χ3n) is 2.67. The second kappa shape index (κ2) is 7.26. The van der Waals surface area contributed by atoms with E-state index in [-0.39, 0.29) is 5.91 Å².